The summed E-state index contributed by atoms with van der Waals surface area (Å²) < 4.78 is 65.7. The van der Waals surface area contributed by atoms with Gasteiger partial charge in [-0.3, -0.25) is 9.89 Å². The third-order valence-electron chi connectivity index (χ3n) is 6.83. The van der Waals surface area contributed by atoms with Crippen LogP contribution in [0.2, 0.25) is 0 Å². The van der Waals surface area contributed by atoms with Gasteiger partial charge in [0.1, 0.15) is 23.3 Å². The van der Waals surface area contributed by atoms with Gasteiger partial charge in [-0.1, -0.05) is 0 Å². The van der Waals surface area contributed by atoms with Gasteiger partial charge < -0.3 is 19.7 Å². The summed E-state index contributed by atoms with van der Waals surface area (Å²) >= 11 is 0. The van der Waals surface area contributed by atoms with Crippen molar-refractivity contribution in [1.82, 2.24) is 14.5 Å². The lowest BCUT2D eigenvalue weighted by atomic mass is 10.1. The summed E-state index contributed by atoms with van der Waals surface area (Å²) in [5.41, 5.74) is 1.09. The third kappa shape index (κ3) is 3.78. The van der Waals surface area contributed by atoms with E-state index in [1.165, 1.54) is 12.3 Å². The predicted octanol–water partition coefficient (Wildman–Crippen LogP) is 2.50. The van der Waals surface area contributed by atoms with Crippen molar-refractivity contribution in [3.63, 3.8) is 0 Å². The third-order valence-corrected chi connectivity index (χ3v) is 8.77. The number of sulfonamides is 1. The molecule has 1 atom stereocenters. The first-order chi connectivity index (χ1) is 17.3. The Balaban J connectivity index is 1.22. The highest BCUT2D eigenvalue weighted by atomic mass is 32.2. The number of hydrogen-bond donors (Lipinski definition) is 2. The topological polar surface area (TPSA) is 117 Å². The molecular formula is C23H23F2N5O5S. The second kappa shape index (κ2) is 8.68. The van der Waals surface area contributed by atoms with Crippen molar-refractivity contribution in [1.29, 1.82) is 0 Å². The van der Waals surface area contributed by atoms with Crippen molar-refractivity contribution in [3.05, 3.63) is 42.1 Å². The van der Waals surface area contributed by atoms with Gasteiger partial charge >= 0.3 is 0 Å². The van der Waals surface area contributed by atoms with Gasteiger partial charge in [-0.05, 0) is 30.7 Å². The Morgan fingerprint density at radius 1 is 1.19 bits per heavy atom. The molecule has 36 heavy (non-hydrogen) atoms. The molecule has 0 aliphatic carbocycles. The maximum absolute atomic E-state index is 13.4. The van der Waals surface area contributed by atoms with E-state index in [1.807, 2.05) is 6.07 Å². The van der Waals surface area contributed by atoms with Crippen LogP contribution in [0, 0.1) is 0 Å². The van der Waals surface area contributed by atoms with Crippen LogP contribution >= 0.6 is 0 Å². The Kier molecular flexibility index (Phi) is 5.57. The van der Waals surface area contributed by atoms with E-state index in [4.69, 9.17) is 9.47 Å². The van der Waals surface area contributed by atoms with Gasteiger partial charge in [0.25, 0.3) is 6.43 Å². The number of amides is 1. The monoisotopic (exact) mass is 519 g/mol. The zero-order valence-corrected chi connectivity index (χ0v) is 19.8. The van der Waals surface area contributed by atoms with Crippen LogP contribution < -0.4 is 15.0 Å². The summed E-state index contributed by atoms with van der Waals surface area (Å²) in [6.07, 6.45) is -1.26. The number of anilines is 2. The zero-order valence-electron chi connectivity index (χ0n) is 19.0. The molecular weight excluding hydrogens is 496 g/mol. The fraction of sp³-hybridized carbons (Fsp3) is 0.391. The number of aromatic amines is 1. The number of carbonyl (C=O) groups excluding carboxylic acids is 1. The van der Waals surface area contributed by atoms with Crippen LogP contribution in [0.15, 0.2) is 41.4 Å². The van der Waals surface area contributed by atoms with Crippen molar-refractivity contribution in [3.8, 4) is 5.75 Å². The van der Waals surface area contributed by atoms with Crippen LogP contribution in [0.3, 0.4) is 0 Å². The smallest absolute Gasteiger partial charge is 0.263 e. The number of nitrogens with one attached hydrogen (secondary N) is 2. The zero-order chi connectivity index (χ0) is 25.0. The van der Waals surface area contributed by atoms with Gasteiger partial charge in [0.05, 0.1) is 43.2 Å². The molecule has 190 valence electrons. The standard InChI is InChI=1S/C23H23F2N5O5S/c24-22(25)13-7-14-10-26-28-21(14)20(8-13)36(32,33)30-4-3-18(30)23(31)27-15-1-2-17-19(9-15)35-6-5-29(17)16-11-34-12-16/h1-2,7-10,16,18,22H,3-6,11-12H2,(H,26,28)(H,27,31). The maximum atomic E-state index is 13.4. The Morgan fingerprint density at radius 3 is 2.72 bits per heavy atom. The number of alkyl halides is 2. The number of carbonyl (C=O) groups is 1. The summed E-state index contributed by atoms with van der Waals surface area (Å²) in [4.78, 5) is 14.9. The van der Waals surface area contributed by atoms with E-state index >= 15 is 0 Å². The molecule has 2 aromatic carbocycles. The van der Waals surface area contributed by atoms with Crippen LogP contribution in [0.4, 0.5) is 20.2 Å². The first-order valence-corrected chi connectivity index (χ1v) is 13.0. The van der Waals surface area contributed by atoms with Crippen molar-refractivity contribution >= 4 is 38.2 Å². The molecule has 3 aliphatic heterocycles. The number of hydrogen-bond acceptors (Lipinski definition) is 7. The van der Waals surface area contributed by atoms with E-state index in [0.717, 1.165) is 22.6 Å². The molecule has 2 saturated heterocycles. The second-order valence-corrected chi connectivity index (χ2v) is 10.8. The molecule has 2 N–H and O–H groups in total. The minimum absolute atomic E-state index is 0.0979. The van der Waals surface area contributed by atoms with Gasteiger partial charge in [-0.2, -0.15) is 9.40 Å². The molecule has 1 amide bonds. The fourth-order valence-corrected chi connectivity index (χ4v) is 6.58. The summed E-state index contributed by atoms with van der Waals surface area (Å²) in [7, 11) is -4.24. The lowest BCUT2D eigenvalue weighted by molar-refractivity contribution is -0.122. The van der Waals surface area contributed by atoms with Crippen LogP contribution in [-0.2, 0) is 19.6 Å². The van der Waals surface area contributed by atoms with Crippen molar-refractivity contribution < 1.29 is 31.5 Å². The Morgan fingerprint density at radius 2 is 2.03 bits per heavy atom. The van der Waals surface area contributed by atoms with E-state index < -0.39 is 34.0 Å². The van der Waals surface area contributed by atoms with Crippen LogP contribution in [0.1, 0.15) is 18.4 Å². The number of nitrogens with zero attached hydrogens (tertiary/aromatic N) is 3. The van der Waals surface area contributed by atoms with Crippen LogP contribution in [-0.4, -0.2) is 73.8 Å². The molecule has 0 saturated carbocycles. The van der Waals surface area contributed by atoms with Crippen LogP contribution in [0.5, 0.6) is 5.75 Å². The normalized spacial score (nSPS) is 20.5. The molecule has 3 aromatic rings. The van der Waals surface area contributed by atoms with Gasteiger partial charge in [0.15, 0.2) is 0 Å². The number of halogens is 2. The molecule has 0 radical (unpaired) electrons. The quantitative estimate of drug-likeness (QED) is 0.514. The fourth-order valence-electron chi connectivity index (χ4n) is 4.74. The molecule has 1 aromatic heterocycles. The molecule has 4 heterocycles. The Hall–Kier alpha value is -3.29. The van der Waals surface area contributed by atoms with Gasteiger partial charge in [-0.25, -0.2) is 17.2 Å². The first kappa shape index (κ1) is 23.1. The van der Waals surface area contributed by atoms with E-state index in [2.05, 4.69) is 20.4 Å². The number of rotatable bonds is 6. The highest BCUT2D eigenvalue weighted by Gasteiger charge is 2.44. The highest BCUT2D eigenvalue weighted by Crippen LogP contribution is 2.37. The molecule has 13 heteroatoms. The molecule has 0 spiro atoms. The van der Waals surface area contributed by atoms with Crippen molar-refractivity contribution in [2.24, 2.45) is 0 Å². The van der Waals surface area contributed by atoms with E-state index in [1.54, 1.807) is 12.1 Å². The van der Waals surface area contributed by atoms with Crippen molar-refractivity contribution in [2.75, 3.05) is 43.1 Å². The minimum Gasteiger partial charge on any atom is -0.489 e. The molecule has 3 aliphatic rings. The molecule has 1 unspecified atom stereocenters. The summed E-state index contributed by atoms with van der Waals surface area (Å²) in [5.74, 6) is 0.130. The number of H-pyrrole nitrogens is 1. The lowest BCUT2D eigenvalue weighted by Crippen LogP contribution is -2.56. The number of aromatic nitrogens is 2. The minimum atomic E-state index is -4.24. The molecule has 2 fully saturated rings. The van der Waals surface area contributed by atoms with Gasteiger partial charge in [0.2, 0.25) is 15.9 Å². The van der Waals surface area contributed by atoms with Crippen molar-refractivity contribution in [2.45, 2.75) is 29.8 Å². The highest BCUT2D eigenvalue weighted by molar-refractivity contribution is 7.89. The Labute approximate surface area is 205 Å². The number of fused-ring (bicyclic) bond motifs is 2. The molecule has 10 nitrogen and oxygen atoms in total. The average Bonchev–Trinajstić information content (AvgIpc) is 3.24. The van der Waals surface area contributed by atoms with Gasteiger partial charge in [-0.15, -0.1) is 0 Å². The maximum Gasteiger partial charge on any atom is 0.263 e. The SMILES string of the molecule is O=C(Nc1ccc2c(c1)OCCN2C1COC1)C1CCN1S(=O)(=O)c1cc(C(F)F)cc2cn[nH]c12. The average molecular weight is 520 g/mol. The van der Waals surface area contributed by atoms with Crippen LogP contribution in [0.25, 0.3) is 10.9 Å². The van der Waals surface area contributed by atoms with E-state index in [-0.39, 0.29) is 22.3 Å². The summed E-state index contributed by atoms with van der Waals surface area (Å²) in [6, 6.07) is 6.79. The first-order valence-electron chi connectivity index (χ1n) is 11.5. The number of ether oxygens (including phenoxy) is 2. The lowest BCUT2D eigenvalue weighted by Gasteiger charge is -2.41. The Bertz CT molecular complexity index is 1440. The number of benzene rings is 2. The second-order valence-electron chi connectivity index (χ2n) is 8.98. The summed E-state index contributed by atoms with van der Waals surface area (Å²) in [5, 5.41) is 9.39. The molecule has 0 bridgehead atoms. The molecule has 6 rings (SSSR count). The van der Waals surface area contributed by atoms with Gasteiger partial charge in [0, 0.05) is 29.2 Å². The predicted molar refractivity (Wildman–Crippen MR) is 126 cm³/mol. The van der Waals surface area contributed by atoms with E-state index in [9.17, 15) is 22.0 Å². The van der Waals surface area contributed by atoms with E-state index in [0.29, 0.717) is 43.7 Å². The summed E-state index contributed by atoms with van der Waals surface area (Å²) in [6.45, 7) is 2.68. The largest absolute Gasteiger partial charge is 0.489 e.